The van der Waals surface area contributed by atoms with Crippen LogP contribution in [-0.2, 0) is 14.3 Å². The van der Waals surface area contributed by atoms with Gasteiger partial charge in [0.25, 0.3) is 0 Å². The molecule has 0 bridgehead atoms. The number of anilines is 1. The third-order valence-electron chi connectivity index (χ3n) is 4.30. The summed E-state index contributed by atoms with van der Waals surface area (Å²) >= 11 is 5.49. The first-order chi connectivity index (χ1) is 12.8. The zero-order valence-corrected chi connectivity index (χ0v) is 17.3. The number of nitrogens with one attached hydrogen (secondary N) is 2. The van der Waals surface area contributed by atoms with Crippen molar-refractivity contribution in [1.82, 2.24) is 10.2 Å². The Bertz CT molecular complexity index is 773. The molecule has 0 aliphatic carbocycles. The summed E-state index contributed by atoms with van der Waals surface area (Å²) in [5.41, 5.74) is 2.81. The number of benzene rings is 1. The summed E-state index contributed by atoms with van der Waals surface area (Å²) < 4.78 is 5.48. The van der Waals surface area contributed by atoms with Crippen LogP contribution in [0.3, 0.4) is 0 Å². The number of hydrogen-bond donors (Lipinski definition) is 2. The van der Waals surface area contributed by atoms with Gasteiger partial charge >= 0.3 is 5.97 Å². The van der Waals surface area contributed by atoms with E-state index in [1.54, 1.807) is 6.92 Å². The summed E-state index contributed by atoms with van der Waals surface area (Å²) in [6.07, 6.45) is 0.171. The van der Waals surface area contributed by atoms with E-state index in [0.717, 1.165) is 11.3 Å². The van der Waals surface area contributed by atoms with Crippen LogP contribution in [0.25, 0.3) is 0 Å². The molecule has 1 amide bonds. The zero-order valence-electron chi connectivity index (χ0n) is 16.5. The Morgan fingerprint density at radius 2 is 2.04 bits per heavy atom. The molecule has 1 unspecified atom stereocenters. The van der Waals surface area contributed by atoms with Gasteiger partial charge in [0, 0.05) is 24.4 Å². The molecular formula is C20H27N3O3S. The molecule has 1 atom stereocenters. The van der Waals surface area contributed by atoms with Crippen LogP contribution >= 0.6 is 12.2 Å². The van der Waals surface area contributed by atoms with Crippen LogP contribution in [0.2, 0.25) is 0 Å². The first kappa shape index (κ1) is 20.9. The molecule has 1 aliphatic rings. The standard InChI is InChI=1S/C20H27N3O3S/c1-6-16(24)21-15-10-8-9-14(11-15)18-17(19(25)26-12(3)4)13(5)23(7-2)20(27)22-18/h8-12,18H,6-7H2,1-5H3,(H,21,24)(H,22,27). The topological polar surface area (TPSA) is 70.7 Å². The number of nitrogens with zero attached hydrogens (tertiary/aromatic N) is 1. The molecule has 0 saturated heterocycles. The summed E-state index contributed by atoms with van der Waals surface area (Å²) in [4.78, 5) is 26.4. The summed E-state index contributed by atoms with van der Waals surface area (Å²) in [5.74, 6) is -0.438. The highest BCUT2D eigenvalue weighted by Crippen LogP contribution is 2.32. The molecule has 1 aromatic rings. The fourth-order valence-electron chi connectivity index (χ4n) is 3.00. The molecule has 2 rings (SSSR count). The van der Waals surface area contributed by atoms with Crippen molar-refractivity contribution in [2.45, 2.75) is 53.2 Å². The Morgan fingerprint density at radius 1 is 1.33 bits per heavy atom. The minimum absolute atomic E-state index is 0.0670. The van der Waals surface area contributed by atoms with Crippen LogP contribution in [-0.4, -0.2) is 34.5 Å². The van der Waals surface area contributed by atoms with Gasteiger partial charge in [-0.2, -0.15) is 0 Å². The molecule has 1 aromatic carbocycles. The number of amides is 1. The predicted octanol–water partition coefficient (Wildman–Crippen LogP) is 3.51. The molecule has 1 aliphatic heterocycles. The Labute approximate surface area is 166 Å². The number of carbonyl (C=O) groups excluding carboxylic acids is 2. The number of rotatable bonds is 6. The van der Waals surface area contributed by atoms with Gasteiger partial charge in [0.05, 0.1) is 17.7 Å². The maximum Gasteiger partial charge on any atom is 0.338 e. The minimum Gasteiger partial charge on any atom is -0.459 e. The van der Waals surface area contributed by atoms with E-state index in [9.17, 15) is 9.59 Å². The Kier molecular flexibility index (Phi) is 6.96. The summed E-state index contributed by atoms with van der Waals surface area (Å²) in [6, 6.07) is 6.98. The minimum atomic E-state index is -0.440. The molecule has 7 heteroatoms. The van der Waals surface area contributed by atoms with Gasteiger partial charge in [-0.15, -0.1) is 0 Å². The fraction of sp³-hybridized carbons (Fsp3) is 0.450. The van der Waals surface area contributed by atoms with Crippen LogP contribution < -0.4 is 10.6 Å². The van der Waals surface area contributed by atoms with Gasteiger partial charge in [-0.05, 0) is 57.6 Å². The van der Waals surface area contributed by atoms with Crippen LogP contribution in [0, 0.1) is 0 Å². The largest absolute Gasteiger partial charge is 0.459 e. The van der Waals surface area contributed by atoms with Crippen molar-refractivity contribution in [2.75, 3.05) is 11.9 Å². The van der Waals surface area contributed by atoms with Crippen molar-refractivity contribution in [1.29, 1.82) is 0 Å². The Hall–Kier alpha value is -2.41. The smallest absolute Gasteiger partial charge is 0.338 e. The van der Waals surface area contributed by atoms with Crippen LogP contribution in [0.4, 0.5) is 5.69 Å². The van der Waals surface area contributed by atoms with Gasteiger partial charge in [0.15, 0.2) is 5.11 Å². The monoisotopic (exact) mass is 389 g/mol. The van der Waals surface area contributed by atoms with Crippen molar-refractivity contribution in [3.63, 3.8) is 0 Å². The number of allylic oxidation sites excluding steroid dienone is 1. The molecule has 1 heterocycles. The lowest BCUT2D eigenvalue weighted by atomic mass is 9.94. The summed E-state index contributed by atoms with van der Waals surface area (Å²) in [5, 5.41) is 6.66. The maximum absolute atomic E-state index is 12.8. The third kappa shape index (κ3) is 4.86. The molecule has 0 saturated carbocycles. The van der Waals surface area contributed by atoms with Gasteiger partial charge in [-0.3, -0.25) is 4.79 Å². The number of hydrogen-bond acceptors (Lipinski definition) is 4. The van der Waals surface area contributed by atoms with Crippen LogP contribution in [0.5, 0.6) is 0 Å². The van der Waals surface area contributed by atoms with Crippen molar-refractivity contribution in [2.24, 2.45) is 0 Å². The first-order valence-electron chi connectivity index (χ1n) is 9.18. The van der Waals surface area contributed by atoms with Gasteiger partial charge in [-0.1, -0.05) is 19.1 Å². The molecule has 27 heavy (non-hydrogen) atoms. The Balaban J connectivity index is 2.47. The molecule has 0 spiro atoms. The molecule has 0 fully saturated rings. The average Bonchev–Trinajstić information content (AvgIpc) is 2.60. The highest BCUT2D eigenvalue weighted by atomic mass is 32.1. The lowest BCUT2D eigenvalue weighted by Crippen LogP contribution is -2.47. The van der Waals surface area contributed by atoms with E-state index in [1.807, 2.05) is 56.9 Å². The van der Waals surface area contributed by atoms with Crippen molar-refractivity contribution < 1.29 is 14.3 Å². The van der Waals surface area contributed by atoms with Crippen LogP contribution in [0.15, 0.2) is 35.5 Å². The highest BCUT2D eigenvalue weighted by molar-refractivity contribution is 7.80. The number of thiocarbonyl (C=S) groups is 1. The van der Waals surface area contributed by atoms with Gasteiger partial charge in [-0.25, -0.2) is 4.79 Å². The average molecular weight is 390 g/mol. The van der Waals surface area contributed by atoms with E-state index < -0.39 is 6.04 Å². The quantitative estimate of drug-likeness (QED) is 0.573. The second-order valence-corrected chi connectivity index (χ2v) is 6.99. The van der Waals surface area contributed by atoms with E-state index in [1.165, 1.54) is 0 Å². The SMILES string of the molecule is CCC(=O)Nc1cccc(C2NC(=S)N(CC)C(C)=C2C(=O)OC(C)C)c1. The number of esters is 1. The van der Waals surface area contributed by atoms with E-state index >= 15 is 0 Å². The Morgan fingerprint density at radius 3 is 2.63 bits per heavy atom. The molecule has 0 aromatic heterocycles. The maximum atomic E-state index is 12.8. The summed E-state index contributed by atoms with van der Waals surface area (Å²) in [6.45, 7) is 9.94. The lowest BCUT2D eigenvalue weighted by molar-refractivity contribution is -0.143. The molecule has 0 radical (unpaired) electrons. The van der Waals surface area contributed by atoms with Gasteiger partial charge in [0.1, 0.15) is 0 Å². The van der Waals surface area contributed by atoms with E-state index in [2.05, 4.69) is 10.6 Å². The normalized spacial score (nSPS) is 17.0. The van der Waals surface area contributed by atoms with Gasteiger partial charge in [0.2, 0.25) is 5.91 Å². The van der Waals surface area contributed by atoms with E-state index in [-0.39, 0.29) is 18.0 Å². The van der Waals surface area contributed by atoms with Crippen molar-refractivity contribution in [3.05, 3.63) is 41.1 Å². The van der Waals surface area contributed by atoms with E-state index in [0.29, 0.717) is 29.3 Å². The van der Waals surface area contributed by atoms with Gasteiger partial charge < -0.3 is 20.3 Å². The predicted molar refractivity (Wildman–Crippen MR) is 110 cm³/mol. The second kappa shape index (κ2) is 8.99. The molecule has 146 valence electrons. The van der Waals surface area contributed by atoms with Crippen LogP contribution in [0.1, 0.15) is 52.6 Å². The molecule has 6 nitrogen and oxygen atoms in total. The first-order valence-corrected chi connectivity index (χ1v) is 9.58. The molecule has 2 N–H and O–H groups in total. The highest BCUT2D eigenvalue weighted by Gasteiger charge is 2.34. The lowest BCUT2D eigenvalue weighted by Gasteiger charge is -2.37. The number of carbonyl (C=O) groups is 2. The second-order valence-electron chi connectivity index (χ2n) is 6.61. The number of ether oxygens (including phenoxy) is 1. The molecular weight excluding hydrogens is 362 g/mol. The van der Waals surface area contributed by atoms with E-state index in [4.69, 9.17) is 17.0 Å². The van der Waals surface area contributed by atoms with Crippen molar-refractivity contribution in [3.8, 4) is 0 Å². The van der Waals surface area contributed by atoms with Crippen molar-refractivity contribution >= 4 is 34.9 Å². The zero-order chi connectivity index (χ0) is 20.1. The third-order valence-corrected chi connectivity index (χ3v) is 4.64. The summed E-state index contributed by atoms with van der Waals surface area (Å²) in [7, 11) is 0. The fourth-order valence-corrected chi connectivity index (χ4v) is 3.38.